The molecule has 2 aliphatic rings. The highest BCUT2D eigenvalue weighted by Gasteiger charge is 2.35. The number of aliphatic hydroxyl groups excluding tert-OH is 1. The number of phenols is 1. The Kier molecular flexibility index (Phi) is 7.63. The lowest BCUT2D eigenvalue weighted by Gasteiger charge is -2.33. The summed E-state index contributed by atoms with van der Waals surface area (Å²) in [7, 11) is 0. The summed E-state index contributed by atoms with van der Waals surface area (Å²) in [5, 5.41) is 23.3. The lowest BCUT2D eigenvalue weighted by atomic mass is 9.84. The van der Waals surface area contributed by atoms with E-state index in [9.17, 15) is 19.8 Å². The Morgan fingerprint density at radius 3 is 2.32 bits per heavy atom. The molecule has 1 aromatic carbocycles. The van der Waals surface area contributed by atoms with Crippen molar-refractivity contribution in [1.29, 1.82) is 0 Å². The summed E-state index contributed by atoms with van der Waals surface area (Å²) in [6, 6.07) is 3.78. The highest BCUT2D eigenvalue weighted by molar-refractivity contribution is 5.97. The van der Waals surface area contributed by atoms with Gasteiger partial charge in [-0.15, -0.1) is 0 Å². The van der Waals surface area contributed by atoms with E-state index in [1.807, 2.05) is 24.8 Å². The largest absolute Gasteiger partial charge is 0.507 e. The first-order valence-corrected chi connectivity index (χ1v) is 11.8. The molecule has 1 saturated heterocycles. The molecular formula is C25H38N2O4. The van der Waals surface area contributed by atoms with Crippen molar-refractivity contribution in [1.82, 2.24) is 10.2 Å². The normalized spacial score (nSPS) is 24.1. The molecule has 6 heteroatoms. The number of aliphatic hydroxyl groups is 1. The van der Waals surface area contributed by atoms with E-state index in [4.69, 9.17) is 0 Å². The van der Waals surface area contributed by atoms with Crippen LogP contribution >= 0.6 is 0 Å². The van der Waals surface area contributed by atoms with Crippen molar-refractivity contribution in [2.75, 3.05) is 13.2 Å². The van der Waals surface area contributed by atoms with Crippen molar-refractivity contribution in [3.8, 4) is 5.75 Å². The van der Waals surface area contributed by atoms with Crippen LogP contribution in [0.15, 0.2) is 12.1 Å². The van der Waals surface area contributed by atoms with Gasteiger partial charge in [-0.1, -0.05) is 33.8 Å². The molecule has 1 atom stereocenters. The van der Waals surface area contributed by atoms with Gasteiger partial charge in [0.15, 0.2) is 0 Å². The molecular weight excluding hydrogens is 392 g/mol. The maximum atomic E-state index is 13.0. The second kappa shape index (κ2) is 10.0. The SMILES string of the molecule is CC(C)c1cc(C(=O)NC2CCC(C(=O)N3CCC[C@@H]3CO)CC2)c(O)c(C(C)C)c1. The van der Waals surface area contributed by atoms with Crippen LogP contribution < -0.4 is 5.32 Å². The third-order valence-electron chi connectivity index (χ3n) is 6.98. The number of hydrogen-bond donors (Lipinski definition) is 3. The summed E-state index contributed by atoms with van der Waals surface area (Å²) < 4.78 is 0. The maximum absolute atomic E-state index is 13.0. The van der Waals surface area contributed by atoms with E-state index in [1.165, 1.54) is 0 Å². The highest BCUT2D eigenvalue weighted by atomic mass is 16.3. The van der Waals surface area contributed by atoms with E-state index in [0.717, 1.165) is 56.2 Å². The molecule has 31 heavy (non-hydrogen) atoms. The van der Waals surface area contributed by atoms with Gasteiger partial charge in [-0.2, -0.15) is 0 Å². The standard InChI is InChI=1S/C25H38N2O4/c1-15(2)18-12-21(16(3)4)23(29)22(13-18)24(30)26-19-9-7-17(8-10-19)25(31)27-11-5-6-20(27)14-28/h12-13,15-17,19-20,28-29H,5-11,14H2,1-4H3,(H,26,30)/t17?,19?,20-/m1/s1. The molecule has 1 aliphatic heterocycles. The number of hydrogen-bond acceptors (Lipinski definition) is 4. The van der Waals surface area contributed by atoms with Crippen LogP contribution in [0.25, 0.3) is 0 Å². The number of rotatable bonds is 6. The topological polar surface area (TPSA) is 89.9 Å². The first-order chi connectivity index (χ1) is 14.7. The van der Waals surface area contributed by atoms with Gasteiger partial charge in [0.25, 0.3) is 5.91 Å². The van der Waals surface area contributed by atoms with Gasteiger partial charge in [-0.05, 0) is 67.6 Å². The average molecular weight is 431 g/mol. The minimum atomic E-state index is -0.239. The summed E-state index contributed by atoms with van der Waals surface area (Å²) in [5.74, 6) is 0.358. The Morgan fingerprint density at radius 1 is 1.06 bits per heavy atom. The molecule has 6 nitrogen and oxygen atoms in total. The molecule has 3 N–H and O–H groups in total. The van der Waals surface area contributed by atoms with E-state index in [-0.39, 0.29) is 54.0 Å². The number of nitrogens with one attached hydrogen (secondary N) is 1. The van der Waals surface area contributed by atoms with E-state index in [2.05, 4.69) is 19.2 Å². The third-order valence-corrected chi connectivity index (χ3v) is 6.98. The fourth-order valence-electron chi connectivity index (χ4n) is 4.92. The lowest BCUT2D eigenvalue weighted by Crippen LogP contribution is -2.44. The number of amides is 2. The molecule has 2 amide bonds. The van der Waals surface area contributed by atoms with Crippen molar-refractivity contribution in [3.05, 3.63) is 28.8 Å². The number of phenolic OH excluding ortho intramolecular Hbond substituents is 1. The van der Waals surface area contributed by atoms with Gasteiger partial charge in [-0.25, -0.2) is 0 Å². The molecule has 172 valence electrons. The molecule has 3 rings (SSSR count). The predicted molar refractivity (Wildman–Crippen MR) is 121 cm³/mol. The third kappa shape index (κ3) is 5.22. The number of nitrogens with zero attached hydrogens (tertiary/aromatic N) is 1. The zero-order chi connectivity index (χ0) is 22.7. The average Bonchev–Trinajstić information content (AvgIpc) is 3.22. The highest BCUT2D eigenvalue weighted by Crippen LogP contribution is 2.34. The van der Waals surface area contributed by atoms with E-state index < -0.39 is 0 Å². The number of benzene rings is 1. The van der Waals surface area contributed by atoms with Gasteiger partial charge in [0.2, 0.25) is 5.91 Å². The molecule has 0 unspecified atom stereocenters. The van der Waals surface area contributed by atoms with Crippen LogP contribution in [-0.4, -0.2) is 52.2 Å². The Balaban J connectivity index is 1.63. The Hall–Kier alpha value is -2.08. The Labute approximate surface area is 186 Å². The maximum Gasteiger partial charge on any atom is 0.255 e. The molecule has 1 heterocycles. The van der Waals surface area contributed by atoms with Crippen LogP contribution in [0.1, 0.15) is 99.5 Å². The summed E-state index contributed by atoms with van der Waals surface area (Å²) in [6.45, 7) is 8.97. The van der Waals surface area contributed by atoms with Crippen LogP contribution in [-0.2, 0) is 4.79 Å². The first-order valence-electron chi connectivity index (χ1n) is 11.8. The monoisotopic (exact) mass is 430 g/mol. The molecule has 0 bridgehead atoms. The molecule has 1 aliphatic carbocycles. The second-order valence-electron chi connectivity index (χ2n) is 9.85. The molecule has 1 aromatic rings. The van der Waals surface area contributed by atoms with Crippen LogP contribution in [0.4, 0.5) is 0 Å². The van der Waals surface area contributed by atoms with Gasteiger partial charge in [0, 0.05) is 18.5 Å². The number of carbonyl (C=O) groups is 2. The van der Waals surface area contributed by atoms with Crippen molar-refractivity contribution in [2.45, 2.75) is 90.1 Å². The minimum absolute atomic E-state index is 0.00775. The Morgan fingerprint density at radius 2 is 1.74 bits per heavy atom. The summed E-state index contributed by atoms with van der Waals surface area (Å²) >= 11 is 0. The summed E-state index contributed by atoms with van der Waals surface area (Å²) in [6.07, 6.45) is 4.83. The molecule has 2 fully saturated rings. The fraction of sp³-hybridized carbons (Fsp3) is 0.680. The van der Waals surface area contributed by atoms with Crippen molar-refractivity contribution in [3.63, 3.8) is 0 Å². The smallest absolute Gasteiger partial charge is 0.255 e. The van der Waals surface area contributed by atoms with E-state index >= 15 is 0 Å². The quantitative estimate of drug-likeness (QED) is 0.638. The first kappa shape index (κ1) is 23.6. The van der Waals surface area contributed by atoms with Crippen molar-refractivity contribution < 1.29 is 19.8 Å². The molecule has 0 radical (unpaired) electrons. The van der Waals surface area contributed by atoms with Gasteiger partial charge in [0.1, 0.15) is 5.75 Å². The van der Waals surface area contributed by atoms with Crippen LogP contribution in [0.2, 0.25) is 0 Å². The fourth-order valence-corrected chi connectivity index (χ4v) is 4.92. The minimum Gasteiger partial charge on any atom is -0.507 e. The zero-order valence-electron chi connectivity index (χ0n) is 19.4. The van der Waals surface area contributed by atoms with Gasteiger partial charge in [0.05, 0.1) is 18.2 Å². The van der Waals surface area contributed by atoms with Crippen molar-refractivity contribution >= 4 is 11.8 Å². The van der Waals surface area contributed by atoms with Gasteiger partial charge in [-0.3, -0.25) is 9.59 Å². The van der Waals surface area contributed by atoms with Crippen LogP contribution in [0.3, 0.4) is 0 Å². The van der Waals surface area contributed by atoms with Crippen molar-refractivity contribution in [2.24, 2.45) is 5.92 Å². The zero-order valence-corrected chi connectivity index (χ0v) is 19.4. The second-order valence-corrected chi connectivity index (χ2v) is 9.85. The lowest BCUT2D eigenvalue weighted by molar-refractivity contribution is -0.138. The van der Waals surface area contributed by atoms with Gasteiger partial charge < -0.3 is 20.4 Å². The molecule has 0 aromatic heterocycles. The summed E-state index contributed by atoms with van der Waals surface area (Å²) in [5.41, 5.74) is 2.19. The van der Waals surface area contributed by atoms with Crippen LogP contribution in [0, 0.1) is 5.92 Å². The number of aromatic hydroxyl groups is 1. The van der Waals surface area contributed by atoms with E-state index in [1.54, 1.807) is 6.07 Å². The molecule has 0 spiro atoms. The number of likely N-dealkylation sites (tertiary alicyclic amines) is 1. The Bertz CT molecular complexity index is 797. The van der Waals surface area contributed by atoms with Gasteiger partial charge >= 0.3 is 0 Å². The summed E-state index contributed by atoms with van der Waals surface area (Å²) in [4.78, 5) is 27.7. The van der Waals surface area contributed by atoms with E-state index in [0.29, 0.717) is 5.56 Å². The van der Waals surface area contributed by atoms with Crippen LogP contribution in [0.5, 0.6) is 5.75 Å². The molecule has 1 saturated carbocycles. The number of carbonyl (C=O) groups excluding carboxylic acids is 2. The predicted octanol–water partition coefficient (Wildman–Crippen LogP) is 3.91.